The van der Waals surface area contributed by atoms with E-state index in [1.165, 1.54) is 12.1 Å². The molecule has 5 heterocycles. The second-order valence-corrected chi connectivity index (χ2v) is 12.4. The molecular formula is C26H33FN4O5S. The maximum absolute atomic E-state index is 14.9. The van der Waals surface area contributed by atoms with E-state index in [1.807, 2.05) is 4.68 Å². The van der Waals surface area contributed by atoms with Gasteiger partial charge in [-0.25, -0.2) is 12.8 Å². The number of hydrogen-bond acceptors (Lipinski definition) is 7. The van der Waals surface area contributed by atoms with Crippen LogP contribution in [0.1, 0.15) is 47.8 Å². The lowest BCUT2D eigenvalue weighted by atomic mass is 9.96. The SMILES string of the molecule is O=C(c1nn([C@@H]2CCN(CCC3CCOCC3)C2)c2c1CS(=O)(=O)c1c(F)cccc1-2)N1CCOCC1. The molecule has 1 amide bonds. The Morgan fingerprint density at radius 3 is 2.59 bits per heavy atom. The molecule has 4 aliphatic heterocycles. The summed E-state index contributed by atoms with van der Waals surface area (Å²) in [7, 11) is -3.96. The number of benzene rings is 1. The van der Waals surface area contributed by atoms with E-state index < -0.39 is 21.4 Å². The average Bonchev–Trinajstić information content (AvgIpc) is 3.52. The second-order valence-electron chi connectivity index (χ2n) is 10.5. The minimum absolute atomic E-state index is 0.0217. The summed E-state index contributed by atoms with van der Waals surface area (Å²) in [4.78, 5) is 17.3. The molecule has 3 fully saturated rings. The average molecular weight is 533 g/mol. The van der Waals surface area contributed by atoms with Crippen molar-refractivity contribution in [3.05, 3.63) is 35.3 Å². The van der Waals surface area contributed by atoms with Gasteiger partial charge in [-0.05, 0) is 44.2 Å². The number of likely N-dealkylation sites (tertiary alicyclic amines) is 1. The molecule has 0 saturated carbocycles. The van der Waals surface area contributed by atoms with Crippen molar-refractivity contribution < 1.29 is 27.1 Å². The van der Waals surface area contributed by atoms with Crippen LogP contribution >= 0.6 is 0 Å². The Kier molecular flexibility index (Phi) is 6.81. The highest BCUT2D eigenvalue weighted by molar-refractivity contribution is 7.91. The predicted octanol–water partition coefficient (Wildman–Crippen LogP) is 2.51. The smallest absolute Gasteiger partial charge is 0.274 e. The van der Waals surface area contributed by atoms with Crippen molar-refractivity contribution in [3.8, 4) is 11.3 Å². The molecule has 0 spiro atoms. The highest BCUT2D eigenvalue weighted by Gasteiger charge is 2.40. The van der Waals surface area contributed by atoms with Crippen molar-refractivity contribution in [2.75, 3.05) is 59.2 Å². The normalized spacial score (nSPS) is 24.1. The minimum Gasteiger partial charge on any atom is -0.381 e. The molecule has 0 bridgehead atoms. The quantitative estimate of drug-likeness (QED) is 0.584. The summed E-state index contributed by atoms with van der Waals surface area (Å²) in [5, 5.41) is 4.78. The van der Waals surface area contributed by atoms with Crippen LogP contribution in [0.15, 0.2) is 23.1 Å². The molecule has 1 atom stereocenters. The molecule has 0 N–H and O–H groups in total. The number of rotatable bonds is 5. The number of hydrogen-bond donors (Lipinski definition) is 0. The van der Waals surface area contributed by atoms with Gasteiger partial charge in [-0.15, -0.1) is 0 Å². The van der Waals surface area contributed by atoms with Crippen molar-refractivity contribution in [3.63, 3.8) is 0 Å². The fraction of sp³-hybridized carbons (Fsp3) is 0.615. The summed E-state index contributed by atoms with van der Waals surface area (Å²) in [6.07, 6.45) is 4.17. The monoisotopic (exact) mass is 532 g/mol. The summed E-state index contributed by atoms with van der Waals surface area (Å²) in [6.45, 7) is 6.07. The van der Waals surface area contributed by atoms with Gasteiger partial charge in [-0.1, -0.05) is 12.1 Å². The van der Waals surface area contributed by atoms with Gasteiger partial charge >= 0.3 is 0 Å². The zero-order chi connectivity index (χ0) is 25.6. The van der Waals surface area contributed by atoms with Crippen LogP contribution in [0.25, 0.3) is 11.3 Å². The fourth-order valence-corrected chi connectivity index (χ4v) is 7.79. The molecule has 4 aliphatic rings. The van der Waals surface area contributed by atoms with Gasteiger partial charge in [0.15, 0.2) is 15.5 Å². The number of amides is 1. The van der Waals surface area contributed by atoms with Gasteiger partial charge in [-0.2, -0.15) is 5.10 Å². The number of halogens is 1. The lowest BCUT2D eigenvalue weighted by molar-refractivity contribution is 0.0297. The van der Waals surface area contributed by atoms with Gasteiger partial charge < -0.3 is 19.3 Å². The maximum Gasteiger partial charge on any atom is 0.274 e. The van der Waals surface area contributed by atoms with E-state index in [9.17, 15) is 17.6 Å². The summed E-state index contributed by atoms with van der Waals surface area (Å²) < 4.78 is 53.9. The van der Waals surface area contributed by atoms with Crippen molar-refractivity contribution >= 4 is 15.7 Å². The highest BCUT2D eigenvalue weighted by atomic mass is 32.2. The topological polar surface area (TPSA) is 94.0 Å². The van der Waals surface area contributed by atoms with E-state index in [1.54, 1.807) is 11.0 Å². The van der Waals surface area contributed by atoms with Gasteiger partial charge in [0.1, 0.15) is 10.7 Å². The Hall–Kier alpha value is -2.34. The van der Waals surface area contributed by atoms with E-state index in [0.29, 0.717) is 49.0 Å². The Balaban J connectivity index is 1.34. The molecule has 1 aromatic heterocycles. The van der Waals surface area contributed by atoms with Crippen molar-refractivity contribution in [2.24, 2.45) is 5.92 Å². The molecular weight excluding hydrogens is 499 g/mol. The first-order valence-corrected chi connectivity index (χ1v) is 14.9. The van der Waals surface area contributed by atoms with Crippen LogP contribution in [-0.4, -0.2) is 93.1 Å². The number of sulfone groups is 1. The summed E-state index contributed by atoms with van der Waals surface area (Å²) >= 11 is 0. The molecule has 0 aliphatic carbocycles. The first kappa shape index (κ1) is 25.0. The number of aromatic nitrogens is 2. The van der Waals surface area contributed by atoms with Crippen LogP contribution < -0.4 is 0 Å². The van der Waals surface area contributed by atoms with Crippen LogP contribution in [0.5, 0.6) is 0 Å². The van der Waals surface area contributed by atoms with Crippen molar-refractivity contribution in [2.45, 2.75) is 42.4 Å². The number of carbonyl (C=O) groups excluding carboxylic acids is 1. The lowest BCUT2D eigenvalue weighted by Crippen LogP contribution is -2.41. The summed E-state index contributed by atoms with van der Waals surface area (Å²) in [5.41, 5.74) is 1.42. The molecule has 11 heteroatoms. The molecule has 0 unspecified atom stereocenters. The Morgan fingerprint density at radius 2 is 1.81 bits per heavy atom. The Labute approximate surface area is 216 Å². The van der Waals surface area contributed by atoms with Crippen molar-refractivity contribution in [1.29, 1.82) is 0 Å². The third-order valence-corrected chi connectivity index (χ3v) is 9.87. The van der Waals surface area contributed by atoms with Gasteiger partial charge in [0.05, 0.1) is 30.7 Å². The minimum atomic E-state index is -3.96. The Morgan fingerprint density at radius 1 is 1.05 bits per heavy atom. The molecule has 37 heavy (non-hydrogen) atoms. The molecule has 6 rings (SSSR count). The standard InChI is InChI=1S/C26H33FN4O5S/c27-22-3-1-2-20-24-21(17-37(33,34)25(20)22)23(26(32)30-10-14-36-15-11-30)28-31(24)19-5-9-29(16-19)8-4-18-6-12-35-13-7-18/h1-3,18-19H,4-17H2/t19-/m1/s1. The van der Waals surface area contributed by atoms with Gasteiger partial charge in [0, 0.05) is 50.5 Å². The number of morpholine rings is 1. The maximum atomic E-state index is 14.9. The van der Waals surface area contributed by atoms with Gasteiger partial charge in [0.25, 0.3) is 5.91 Å². The number of ether oxygens (including phenoxy) is 2. The number of carbonyl (C=O) groups is 1. The van der Waals surface area contributed by atoms with E-state index >= 15 is 0 Å². The van der Waals surface area contributed by atoms with E-state index in [4.69, 9.17) is 14.6 Å². The third-order valence-electron chi connectivity index (χ3n) is 8.16. The largest absolute Gasteiger partial charge is 0.381 e. The zero-order valence-corrected chi connectivity index (χ0v) is 21.7. The van der Waals surface area contributed by atoms with E-state index in [-0.39, 0.29) is 22.5 Å². The molecule has 200 valence electrons. The Bertz CT molecular complexity index is 1280. The van der Waals surface area contributed by atoms with Crippen LogP contribution in [-0.2, 0) is 25.1 Å². The van der Waals surface area contributed by atoms with E-state index in [2.05, 4.69) is 4.90 Å². The molecule has 1 aromatic carbocycles. The van der Waals surface area contributed by atoms with Crippen LogP contribution in [0.3, 0.4) is 0 Å². The number of fused-ring (bicyclic) bond motifs is 3. The van der Waals surface area contributed by atoms with Crippen LogP contribution in [0.4, 0.5) is 4.39 Å². The number of nitrogens with zero attached hydrogens (tertiary/aromatic N) is 4. The molecule has 3 saturated heterocycles. The summed E-state index contributed by atoms with van der Waals surface area (Å²) in [5.74, 6) is -0.797. The summed E-state index contributed by atoms with van der Waals surface area (Å²) in [6, 6.07) is 4.31. The molecule has 0 radical (unpaired) electrons. The van der Waals surface area contributed by atoms with Crippen LogP contribution in [0, 0.1) is 11.7 Å². The molecule has 9 nitrogen and oxygen atoms in total. The second kappa shape index (κ2) is 10.1. The first-order chi connectivity index (χ1) is 17.9. The van der Waals surface area contributed by atoms with Gasteiger partial charge in [-0.3, -0.25) is 9.48 Å². The highest BCUT2D eigenvalue weighted by Crippen LogP contribution is 2.43. The molecule has 2 aromatic rings. The third kappa shape index (κ3) is 4.71. The van der Waals surface area contributed by atoms with Crippen LogP contribution in [0.2, 0.25) is 0 Å². The first-order valence-electron chi connectivity index (χ1n) is 13.2. The zero-order valence-electron chi connectivity index (χ0n) is 20.9. The van der Waals surface area contributed by atoms with Gasteiger partial charge in [0.2, 0.25) is 0 Å². The predicted molar refractivity (Wildman–Crippen MR) is 133 cm³/mol. The van der Waals surface area contributed by atoms with E-state index in [0.717, 1.165) is 58.5 Å². The lowest BCUT2D eigenvalue weighted by Gasteiger charge is -2.26. The fourth-order valence-electron chi connectivity index (χ4n) is 6.13. The van der Waals surface area contributed by atoms with Crippen molar-refractivity contribution in [1.82, 2.24) is 19.6 Å².